The molecule has 0 aliphatic heterocycles. The number of aromatic nitrogens is 4. The van der Waals surface area contributed by atoms with Gasteiger partial charge >= 0.3 is 0 Å². The van der Waals surface area contributed by atoms with Gasteiger partial charge in [0.1, 0.15) is 12.2 Å². The molecule has 0 aromatic carbocycles. The lowest BCUT2D eigenvalue weighted by atomic mass is 10.2. The fraction of sp³-hybridized carbons (Fsp3) is 0.545. The lowest BCUT2D eigenvalue weighted by molar-refractivity contribution is 0.458. The van der Waals surface area contributed by atoms with Crippen LogP contribution in [0.5, 0.6) is 0 Å². The molecule has 2 rings (SSSR count). The molecule has 0 bridgehead atoms. The maximum atomic E-state index is 4.27. The monoisotopic (exact) mass is 251 g/mol. The van der Waals surface area contributed by atoms with Crippen molar-refractivity contribution in [3.63, 3.8) is 0 Å². The Bertz CT molecular complexity index is 434. The highest BCUT2D eigenvalue weighted by Crippen LogP contribution is 2.05. The SMILES string of the molecule is CC(C)Cn1ncnc1CNCc1cncs1. The average Bonchev–Trinajstić information content (AvgIpc) is 2.90. The smallest absolute Gasteiger partial charge is 0.140 e. The summed E-state index contributed by atoms with van der Waals surface area (Å²) in [5.74, 6) is 1.57. The molecule has 0 aliphatic rings. The Morgan fingerprint density at radius 3 is 3.00 bits per heavy atom. The number of nitrogens with zero attached hydrogens (tertiary/aromatic N) is 4. The molecule has 2 aromatic heterocycles. The maximum absolute atomic E-state index is 4.27. The van der Waals surface area contributed by atoms with E-state index in [1.165, 1.54) is 4.88 Å². The van der Waals surface area contributed by atoms with E-state index in [0.717, 1.165) is 25.5 Å². The highest BCUT2D eigenvalue weighted by Gasteiger charge is 2.05. The molecule has 0 radical (unpaired) electrons. The molecule has 0 spiro atoms. The van der Waals surface area contributed by atoms with Crippen molar-refractivity contribution in [3.8, 4) is 0 Å². The standard InChI is InChI=1S/C11H17N5S/c1-9(2)6-16-11(14-7-15-16)5-12-3-10-4-13-8-17-10/h4,7-9,12H,3,5-6H2,1-2H3. The van der Waals surface area contributed by atoms with Gasteiger partial charge in [-0.2, -0.15) is 5.10 Å². The summed E-state index contributed by atoms with van der Waals surface area (Å²) in [6.45, 7) is 6.84. The minimum absolute atomic E-state index is 0.581. The maximum Gasteiger partial charge on any atom is 0.140 e. The van der Waals surface area contributed by atoms with Crippen LogP contribution < -0.4 is 5.32 Å². The van der Waals surface area contributed by atoms with Crippen LogP contribution >= 0.6 is 11.3 Å². The molecule has 0 atom stereocenters. The van der Waals surface area contributed by atoms with Gasteiger partial charge in [-0.15, -0.1) is 11.3 Å². The Morgan fingerprint density at radius 1 is 1.41 bits per heavy atom. The van der Waals surface area contributed by atoms with Crippen molar-refractivity contribution in [1.82, 2.24) is 25.1 Å². The zero-order valence-corrected chi connectivity index (χ0v) is 10.9. The van der Waals surface area contributed by atoms with E-state index in [1.54, 1.807) is 17.7 Å². The number of thiazole rings is 1. The largest absolute Gasteiger partial charge is 0.305 e. The third-order valence-corrected chi connectivity index (χ3v) is 3.08. The summed E-state index contributed by atoms with van der Waals surface area (Å²) in [6.07, 6.45) is 3.50. The van der Waals surface area contributed by atoms with E-state index < -0.39 is 0 Å². The summed E-state index contributed by atoms with van der Waals surface area (Å²) in [5, 5.41) is 7.58. The van der Waals surface area contributed by atoms with Crippen molar-refractivity contribution in [3.05, 3.63) is 28.7 Å². The first-order valence-corrected chi connectivity index (χ1v) is 6.58. The van der Waals surface area contributed by atoms with Crippen LogP contribution in [-0.2, 0) is 19.6 Å². The molecular weight excluding hydrogens is 234 g/mol. The van der Waals surface area contributed by atoms with Gasteiger partial charge < -0.3 is 5.32 Å². The van der Waals surface area contributed by atoms with Crippen molar-refractivity contribution in [1.29, 1.82) is 0 Å². The van der Waals surface area contributed by atoms with E-state index in [2.05, 4.69) is 34.2 Å². The number of nitrogens with one attached hydrogen (secondary N) is 1. The molecule has 2 aromatic rings. The second-order valence-electron chi connectivity index (χ2n) is 4.32. The summed E-state index contributed by atoms with van der Waals surface area (Å²) in [6, 6.07) is 0. The topological polar surface area (TPSA) is 55.6 Å². The van der Waals surface area contributed by atoms with E-state index in [4.69, 9.17) is 0 Å². The van der Waals surface area contributed by atoms with Crippen LogP contribution in [0.2, 0.25) is 0 Å². The second kappa shape index (κ2) is 5.88. The van der Waals surface area contributed by atoms with Gasteiger partial charge in [0.05, 0.1) is 12.1 Å². The molecule has 0 amide bonds. The van der Waals surface area contributed by atoms with Gasteiger partial charge in [0, 0.05) is 24.2 Å². The Morgan fingerprint density at radius 2 is 2.29 bits per heavy atom. The van der Waals surface area contributed by atoms with Crippen LogP contribution in [-0.4, -0.2) is 19.7 Å². The zero-order chi connectivity index (χ0) is 12.1. The molecule has 6 heteroatoms. The number of hydrogen-bond donors (Lipinski definition) is 1. The first kappa shape index (κ1) is 12.2. The van der Waals surface area contributed by atoms with Crippen molar-refractivity contribution in [2.24, 2.45) is 5.92 Å². The van der Waals surface area contributed by atoms with Crippen LogP contribution in [0.3, 0.4) is 0 Å². The number of hydrogen-bond acceptors (Lipinski definition) is 5. The molecule has 0 unspecified atom stereocenters. The number of rotatable bonds is 6. The van der Waals surface area contributed by atoms with Crippen LogP contribution in [0.15, 0.2) is 18.0 Å². The van der Waals surface area contributed by atoms with Gasteiger partial charge in [-0.3, -0.25) is 4.98 Å². The van der Waals surface area contributed by atoms with E-state index in [1.807, 2.05) is 16.4 Å². The average molecular weight is 251 g/mol. The summed E-state index contributed by atoms with van der Waals surface area (Å²) in [5.41, 5.74) is 1.85. The fourth-order valence-corrected chi connectivity index (χ4v) is 2.11. The third-order valence-electron chi connectivity index (χ3n) is 2.30. The summed E-state index contributed by atoms with van der Waals surface area (Å²) in [4.78, 5) is 9.54. The van der Waals surface area contributed by atoms with Crippen molar-refractivity contribution >= 4 is 11.3 Å². The molecule has 17 heavy (non-hydrogen) atoms. The van der Waals surface area contributed by atoms with Crippen molar-refractivity contribution in [2.75, 3.05) is 0 Å². The van der Waals surface area contributed by atoms with E-state index in [-0.39, 0.29) is 0 Å². The minimum atomic E-state index is 0.581. The lowest BCUT2D eigenvalue weighted by Crippen LogP contribution is -2.18. The van der Waals surface area contributed by atoms with Crippen LogP contribution in [0, 0.1) is 5.92 Å². The molecule has 0 aliphatic carbocycles. The van der Waals surface area contributed by atoms with Gasteiger partial charge in [0.25, 0.3) is 0 Å². The Hall–Kier alpha value is -1.27. The van der Waals surface area contributed by atoms with Crippen LogP contribution in [0.25, 0.3) is 0 Å². The Labute approximate surface area is 105 Å². The molecule has 5 nitrogen and oxygen atoms in total. The molecule has 0 saturated heterocycles. The molecule has 0 saturated carbocycles. The predicted octanol–water partition coefficient (Wildman–Crippen LogP) is 1.68. The summed E-state index contributed by atoms with van der Waals surface area (Å²) in [7, 11) is 0. The fourth-order valence-electron chi connectivity index (χ4n) is 1.55. The first-order valence-electron chi connectivity index (χ1n) is 5.70. The third kappa shape index (κ3) is 3.61. The van der Waals surface area contributed by atoms with Gasteiger partial charge in [-0.1, -0.05) is 13.8 Å². The normalized spacial score (nSPS) is 11.2. The molecule has 2 heterocycles. The van der Waals surface area contributed by atoms with E-state index >= 15 is 0 Å². The van der Waals surface area contributed by atoms with Crippen LogP contribution in [0.1, 0.15) is 24.5 Å². The predicted molar refractivity (Wildman–Crippen MR) is 67.5 cm³/mol. The second-order valence-corrected chi connectivity index (χ2v) is 5.29. The van der Waals surface area contributed by atoms with Crippen LogP contribution in [0.4, 0.5) is 0 Å². The summed E-state index contributed by atoms with van der Waals surface area (Å²) >= 11 is 1.66. The lowest BCUT2D eigenvalue weighted by Gasteiger charge is -2.08. The first-order chi connectivity index (χ1) is 8.25. The van der Waals surface area contributed by atoms with Gasteiger partial charge in [-0.05, 0) is 5.92 Å². The van der Waals surface area contributed by atoms with E-state index in [9.17, 15) is 0 Å². The van der Waals surface area contributed by atoms with Gasteiger partial charge in [0.2, 0.25) is 0 Å². The van der Waals surface area contributed by atoms with Gasteiger partial charge in [-0.25, -0.2) is 9.67 Å². The molecule has 0 fully saturated rings. The quantitative estimate of drug-likeness (QED) is 0.848. The minimum Gasteiger partial charge on any atom is -0.305 e. The van der Waals surface area contributed by atoms with Crippen molar-refractivity contribution < 1.29 is 0 Å². The molecule has 1 N–H and O–H groups in total. The Balaban J connectivity index is 1.84. The summed E-state index contributed by atoms with van der Waals surface area (Å²) < 4.78 is 1.96. The molecule has 92 valence electrons. The zero-order valence-electron chi connectivity index (χ0n) is 10.1. The molecular formula is C11H17N5S. The van der Waals surface area contributed by atoms with Gasteiger partial charge in [0.15, 0.2) is 0 Å². The van der Waals surface area contributed by atoms with Crippen molar-refractivity contribution in [2.45, 2.75) is 33.5 Å². The highest BCUT2D eigenvalue weighted by molar-refractivity contribution is 7.09. The van der Waals surface area contributed by atoms with E-state index in [0.29, 0.717) is 5.92 Å². The Kier molecular flexibility index (Phi) is 4.22. The highest BCUT2D eigenvalue weighted by atomic mass is 32.1.